The molecule has 1 aliphatic carbocycles. The molecule has 0 bridgehead atoms. The van der Waals surface area contributed by atoms with Gasteiger partial charge in [-0.05, 0) is 43.0 Å². The largest absolute Gasteiger partial charge is 0.490 e. The fourth-order valence-corrected chi connectivity index (χ4v) is 6.29. The summed E-state index contributed by atoms with van der Waals surface area (Å²) >= 11 is 1.58. The monoisotopic (exact) mass is 475 g/mol. The van der Waals surface area contributed by atoms with Crippen LogP contribution in [0.1, 0.15) is 51.2 Å². The molecule has 3 N–H and O–H groups in total. The SMILES string of the molecule is CC(C)(C)C(=O)N[C@H]1CC[C@@H]2Oc3ccc(-c4cncc(C#N)c4)cc3C3(CSC(N)=N3)[C@H]2C1. The molecule has 1 aromatic heterocycles. The lowest BCUT2D eigenvalue weighted by Crippen LogP contribution is -2.55. The molecule has 1 saturated carbocycles. The molecule has 5 rings (SSSR count). The highest BCUT2D eigenvalue weighted by Gasteiger charge is 2.54. The molecule has 176 valence electrons. The number of amides is 1. The van der Waals surface area contributed by atoms with E-state index >= 15 is 0 Å². The number of carbonyl (C=O) groups excluding carboxylic acids is 1. The van der Waals surface area contributed by atoms with Gasteiger partial charge in [0.1, 0.15) is 23.5 Å². The highest BCUT2D eigenvalue weighted by atomic mass is 32.2. The molecule has 34 heavy (non-hydrogen) atoms. The van der Waals surface area contributed by atoms with Crippen LogP contribution in [0.5, 0.6) is 5.75 Å². The lowest BCUT2D eigenvalue weighted by atomic mass is 9.67. The molecule has 0 saturated heterocycles. The summed E-state index contributed by atoms with van der Waals surface area (Å²) < 4.78 is 6.51. The molecule has 7 nitrogen and oxygen atoms in total. The molecule has 0 radical (unpaired) electrons. The summed E-state index contributed by atoms with van der Waals surface area (Å²) in [4.78, 5) is 21.9. The maximum atomic E-state index is 12.7. The van der Waals surface area contributed by atoms with Crippen molar-refractivity contribution in [2.24, 2.45) is 22.1 Å². The molecule has 1 unspecified atom stereocenters. The predicted molar refractivity (Wildman–Crippen MR) is 133 cm³/mol. The smallest absolute Gasteiger partial charge is 0.225 e. The topological polar surface area (TPSA) is 113 Å². The fourth-order valence-electron chi connectivity index (χ4n) is 5.26. The van der Waals surface area contributed by atoms with E-state index in [2.05, 4.69) is 22.4 Å². The standard InChI is InChI=1S/C26H29N5O2S/c1-25(2,3)23(32)30-18-5-7-22-20(10-18)26(14-34-24(28)31-26)19-9-16(4-6-21(19)33-22)17-8-15(11-27)12-29-13-17/h4,6,8-9,12-13,18,20,22H,5,7,10,14H2,1-3H3,(H2,28,31)(H,30,32)/t18-,20-,22-,26?/m0/s1. The first-order chi connectivity index (χ1) is 16.2. The van der Waals surface area contributed by atoms with Crippen molar-refractivity contribution in [2.75, 3.05) is 5.75 Å². The lowest BCUT2D eigenvalue weighted by molar-refractivity contribution is -0.130. The molecule has 1 aromatic carbocycles. The molecule has 1 spiro atoms. The quantitative estimate of drug-likeness (QED) is 0.679. The number of aliphatic imine (C=N–C) groups is 1. The molecule has 4 atom stereocenters. The number of nitrogens with zero attached hydrogens (tertiary/aromatic N) is 3. The lowest BCUT2D eigenvalue weighted by Gasteiger charge is -2.49. The van der Waals surface area contributed by atoms with Crippen molar-refractivity contribution in [1.29, 1.82) is 5.26 Å². The number of thioether (sulfide) groups is 1. The van der Waals surface area contributed by atoms with Crippen molar-refractivity contribution in [3.8, 4) is 22.9 Å². The summed E-state index contributed by atoms with van der Waals surface area (Å²) in [5.41, 5.74) is 8.67. The van der Waals surface area contributed by atoms with Gasteiger partial charge in [-0.1, -0.05) is 38.6 Å². The second-order valence-electron chi connectivity index (χ2n) is 10.4. The zero-order valence-corrected chi connectivity index (χ0v) is 20.5. The van der Waals surface area contributed by atoms with E-state index < -0.39 is 11.0 Å². The maximum absolute atomic E-state index is 12.7. The zero-order chi connectivity index (χ0) is 24.1. The Kier molecular flexibility index (Phi) is 5.56. The van der Waals surface area contributed by atoms with Crippen molar-refractivity contribution in [3.63, 3.8) is 0 Å². The Balaban J connectivity index is 1.53. The van der Waals surface area contributed by atoms with E-state index in [-0.39, 0.29) is 24.0 Å². The number of nitrogens with two attached hydrogens (primary N) is 1. The van der Waals surface area contributed by atoms with Gasteiger partial charge in [0.25, 0.3) is 0 Å². The van der Waals surface area contributed by atoms with Crippen LogP contribution in [0.15, 0.2) is 41.7 Å². The maximum Gasteiger partial charge on any atom is 0.225 e. The summed E-state index contributed by atoms with van der Waals surface area (Å²) in [6.07, 6.45) is 5.88. The van der Waals surface area contributed by atoms with Crippen molar-refractivity contribution in [2.45, 2.75) is 57.7 Å². The number of benzene rings is 1. The van der Waals surface area contributed by atoms with Crippen LogP contribution in [0.4, 0.5) is 0 Å². The molecule has 2 aromatic rings. The second kappa shape index (κ2) is 8.31. The minimum absolute atomic E-state index is 0.0278. The Bertz CT molecular complexity index is 1210. The normalized spacial score (nSPS) is 27.7. The Hall–Kier alpha value is -3.05. The molecule has 3 heterocycles. The van der Waals surface area contributed by atoms with Gasteiger partial charge in [-0.25, -0.2) is 4.99 Å². The molecule has 8 heteroatoms. The Morgan fingerprint density at radius 1 is 1.26 bits per heavy atom. The van der Waals surface area contributed by atoms with Crippen LogP contribution >= 0.6 is 11.8 Å². The first-order valence-electron chi connectivity index (χ1n) is 11.7. The number of pyridine rings is 1. The minimum atomic E-state index is -0.506. The third-order valence-electron chi connectivity index (χ3n) is 7.09. The van der Waals surface area contributed by atoms with Crippen molar-refractivity contribution < 1.29 is 9.53 Å². The third kappa shape index (κ3) is 3.92. The second-order valence-corrected chi connectivity index (χ2v) is 11.4. The van der Waals surface area contributed by atoms with Crippen LogP contribution in [0, 0.1) is 22.7 Å². The third-order valence-corrected chi connectivity index (χ3v) is 8.06. The van der Waals surface area contributed by atoms with E-state index in [0.717, 1.165) is 47.5 Å². The van der Waals surface area contributed by atoms with E-state index in [1.165, 1.54) is 0 Å². The average Bonchev–Trinajstić information content (AvgIpc) is 3.21. The van der Waals surface area contributed by atoms with Gasteiger partial charge < -0.3 is 15.8 Å². The summed E-state index contributed by atoms with van der Waals surface area (Å²) in [5, 5.41) is 13.1. The van der Waals surface area contributed by atoms with E-state index in [0.29, 0.717) is 10.7 Å². The number of amidine groups is 1. The number of hydrogen-bond acceptors (Lipinski definition) is 7. The number of fused-ring (bicyclic) bond motifs is 4. The summed E-state index contributed by atoms with van der Waals surface area (Å²) in [6.45, 7) is 5.81. The predicted octanol–water partition coefficient (Wildman–Crippen LogP) is 3.97. The van der Waals surface area contributed by atoms with Crippen molar-refractivity contribution in [1.82, 2.24) is 10.3 Å². The Labute approximate surface area is 204 Å². The van der Waals surface area contributed by atoms with Gasteiger partial charge >= 0.3 is 0 Å². The van der Waals surface area contributed by atoms with Crippen LogP contribution in [0.25, 0.3) is 11.1 Å². The fraction of sp³-hybridized carbons (Fsp3) is 0.462. The summed E-state index contributed by atoms with van der Waals surface area (Å²) in [6, 6.07) is 10.2. The van der Waals surface area contributed by atoms with E-state index in [1.807, 2.05) is 39.0 Å². The van der Waals surface area contributed by atoms with E-state index in [9.17, 15) is 10.1 Å². The van der Waals surface area contributed by atoms with Gasteiger partial charge in [0.2, 0.25) is 5.91 Å². The van der Waals surface area contributed by atoms with Gasteiger partial charge in [0.05, 0.1) is 5.56 Å². The van der Waals surface area contributed by atoms with E-state index in [1.54, 1.807) is 24.2 Å². The van der Waals surface area contributed by atoms with Crippen molar-refractivity contribution in [3.05, 3.63) is 47.8 Å². The molecule has 1 amide bonds. The Morgan fingerprint density at radius 2 is 2.09 bits per heavy atom. The molecule has 3 aliphatic rings. The Morgan fingerprint density at radius 3 is 2.79 bits per heavy atom. The zero-order valence-electron chi connectivity index (χ0n) is 19.7. The number of nitrogens with one attached hydrogen (secondary N) is 1. The van der Waals surface area contributed by atoms with Crippen LogP contribution < -0.4 is 15.8 Å². The molecular weight excluding hydrogens is 446 g/mol. The van der Waals surface area contributed by atoms with Gasteiger partial charge in [-0.2, -0.15) is 5.26 Å². The minimum Gasteiger partial charge on any atom is -0.490 e. The molecule has 2 aliphatic heterocycles. The number of rotatable bonds is 2. The number of carbonyl (C=O) groups is 1. The summed E-state index contributed by atoms with van der Waals surface area (Å²) in [5.74, 6) is 1.76. The highest BCUT2D eigenvalue weighted by molar-refractivity contribution is 8.14. The van der Waals surface area contributed by atoms with Crippen LogP contribution in [0.3, 0.4) is 0 Å². The van der Waals surface area contributed by atoms with Gasteiger partial charge in [-0.3, -0.25) is 9.78 Å². The first kappa shape index (κ1) is 22.7. The van der Waals surface area contributed by atoms with Crippen LogP contribution in [0.2, 0.25) is 0 Å². The molecule has 1 fully saturated rings. The number of aromatic nitrogens is 1. The summed E-state index contributed by atoms with van der Waals surface area (Å²) in [7, 11) is 0. The van der Waals surface area contributed by atoms with Crippen molar-refractivity contribution >= 4 is 22.8 Å². The van der Waals surface area contributed by atoms with Crippen LogP contribution in [-0.4, -0.2) is 34.0 Å². The first-order valence-corrected chi connectivity index (χ1v) is 12.6. The van der Waals surface area contributed by atoms with Gasteiger partial charge in [-0.15, -0.1) is 0 Å². The number of nitriles is 1. The highest BCUT2D eigenvalue weighted by Crippen LogP contribution is 2.54. The van der Waals surface area contributed by atoms with Crippen LogP contribution in [-0.2, 0) is 10.3 Å². The number of ether oxygens (including phenoxy) is 1. The molecular formula is C26H29N5O2S. The van der Waals surface area contributed by atoms with E-state index in [4.69, 9.17) is 15.5 Å². The number of hydrogen-bond donors (Lipinski definition) is 2. The van der Waals surface area contributed by atoms with Gasteiger partial charge in [0.15, 0.2) is 5.17 Å². The van der Waals surface area contributed by atoms with Gasteiger partial charge in [0, 0.05) is 46.6 Å². The average molecular weight is 476 g/mol.